The standard InChI is InChI=1S/C23H21ClN2O5/c24-15-5-4-6-16(12-15)25-20(27)13-31-23(30)14-9-10-18-19(11-14)22(29)26(21(18)28)17-7-2-1-3-8-17/h4-6,9-12,17H,1-3,7-8,13H2,(H,25,27). The number of hydrogen-bond acceptors (Lipinski definition) is 5. The van der Waals surface area contributed by atoms with Gasteiger partial charge in [0, 0.05) is 16.8 Å². The van der Waals surface area contributed by atoms with Gasteiger partial charge in [0.1, 0.15) is 0 Å². The molecule has 2 aliphatic rings. The van der Waals surface area contributed by atoms with Crippen molar-refractivity contribution in [1.29, 1.82) is 0 Å². The summed E-state index contributed by atoms with van der Waals surface area (Å²) >= 11 is 5.87. The fraction of sp³-hybridized carbons (Fsp3) is 0.304. The summed E-state index contributed by atoms with van der Waals surface area (Å²) in [6, 6.07) is 10.8. The Bertz CT molecular complexity index is 1060. The first-order valence-electron chi connectivity index (χ1n) is 10.2. The Kier molecular flexibility index (Phi) is 6.04. The van der Waals surface area contributed by atoms with E-state index in [2.05, 4.69) is 5.32 Å². The van der Waals surface area contributed by atoms with Gasteiger partial charge in [-0.25, -0.2) is 4.79 Å². The van der Waals surface area contributed by atoms with E-state index in [4.69, 9.17) is 16.3 Å². The molecule has 0 radical (unpaired) electrons. The van der Waals surface area contributed by atoms with Crippen molar-refractivity contribution in [3.05, 3.63) is 64.2 Å². The third-order valence-corrected chi connectivity index (χ3v) is 5.77. The van der Waals surface area contributed by atoms with Crippen molar-refractivity contribution in [2.45, 2.75) is 38.1 Å². The summed E-state index contributed by atoms with van der Waals surface area (Å²) in [5.41, 5.74) is 1.10. The molecular weight excluding hydrogens is 420 g/mol. The number of hydrogen-bond donors (Lipinski definition) is 1. The Labute approximate surface area is 184 Å². The molecule has 1 heterocycles. The van der Waals surface area contributed by atoms with E-state index in [9.17, 15) is 19.2 Å². The quantitative estimate of drug-likeness (QED) is 0.559. The minimum absolute atomic E-state index is 0.0910. The Hall–Kier alpha value is -3.19. The summed E-state index contributed by atoms with van der Waals surface area (Å²) < 4.78 is 5.06. The number of nitrogens with zero attached hydrogens (tertiary/aromatic N) is 1. The molecule has 0 spiro atoms. The maximum absolute atomic E-state index is 12.9. The van der Waals surface area contributed by atoms with Gasteiger partial charge in [0.05, 0.1) is 16.7 Å². The Balaban J connectivity index is 1.40. The van der Waals surface area contributed by atoms with Crippen LogP contribution in [0.25, 0.3) is 0 Å². The van der Waals surface area contributed by atoms with Gasteiger partial charge in [0.2, 0.25) is 0 Å². The lowest BCUT2D eigenvalue weighted by Gasteiger charge is -2.29. The van der Waals surface area contributed by atoms with Gasteiger partial charge in [-0.3, -0.25) is 19.3 Å². The highest BCUT2D eigenvalue weighted by molar-refractivity contribution is 6.30. The number of esters is 1. The lowest BCUT2D eigenvalue weighted by atomic mass is 9.94. The number of fused-ring (bicyclic) bond motifs is 1. The summed E-state index contributed by atoms with van der Waals surface area (Å²) in [4.78, 5) is 51.3. The van der Waals surface area contributed by atoms with E-state index < -0.39 is 18.5 Å². The van der Waals surface area contributed by atoms with E-state index in [1.54, 1.807) is 24.3 Å². The first-order valence-corrected chi connectivity index (χ1v) is 10.6. The first-order chi connectivity index (χ1) is 14.9. The predicted molar refractivity (Wildman–Crippen MR) is 114 cm³/mol. The number of carbonyl (C=O) groups excluding carboxylic acids is 4. The number of imide groups is 1. The Morgan fingerprint density at radius 3 is 2.48 bits per heavy atom. The minimum atomic E-state index is -0.750. The highest BCUT2D eigenvalue weighted by Gasteiger charge is 2.40. The summed E-state index contributed by atoms with van der Waals surface area (Å²) in [6.45, 7) is -0.497. The number of rotatable bonds is 5. The largest absolute Gasteiger partial charge is 0.452 e. The predicted octanol–water partition coefficient (Wildman–Crippen LogP) is 4.06. The second-order valence-corrected chi connectivity index (χ2v) is 8.10. The van der Waals surface area contributed by atoms with Crippen LogP contribution in [0.3, 0.4) is 0 Å². The van der Waals surface area contributed by atoms with Crippen molar-refractivity contribution in [2.75, 3.05) is 11.9 Å². The molecule has 1 fully saturated rings. The third-order valence-electron chi connectivity index (χ3n) is 5.54. The molecule has 0 saturated heterocycles. The van der Waals surface area contributed by atoms with Crippen molar-refractivity contribution in [2.24, 2.45) is 0 Å². The van der Waals surface area contributed by atoms with Gasteiger partial charge in [0.25, 0.3) is 17.7 Å². The van der Waals surface area contributed by atoms with E-state index in [1.165, 1.54) is 23.1 Å². The van der Waals surface area contributed by atoms with Gasteiger partial charge in [-0.05, 0) is 49.2 Å². The summed E-state index contributed by atoms with van der Waals surface area (Å²) in [5, 5.41) is 3.05. The van der Waals surface area contributed by atoms with Crippen molar-refractivity contribution in [3.63, 3.8) is 0 Å². The molecule has 2 aromatic rings. The highest BCUT2D eigenvalue weighted by atomic mass is 35.5. The maximum atomic E-state index is 12.9. The molecule has 8 heteroatoms. The van der Waals surface area contributed by atoms with Crippen LogP contribution in [-0.2, 0) is 9.53 Å². The molecule has 2 aromatic carbocycles. The van der Waals surface area contributed by atoms with Gasteiger partial charge in [-0.15, -0.1) is 0 Å². The number of halogens is 1. The molecule has 7 nitrogen and oxygen atoms in total. The van der Waals surface area contributed by atoms with E-state index in [0.29, 0.717) is 16.3 Å². The average Bonchev–Trinajstić information content (AvgIpc) is 3.02. The third kappa shape index (κ3) is 4.46. The van der Waals surface area contributed by atoms with Crippen molar-refractivity contribution < 1.29 is 23.9 Å². The molecule has 0 unspecified atom stereocenters. The molecule has 0 aromatic heterocycles. The summed E-state index contributed by atoms with van der Waals surface area (Å²) in [7, 11) is 0. The average molecular weight is 441 g/mol. The maximum Gasteiger partial charge on any atom is 0.338 e. The van der Waals surface area contributed by atoms with Gasteiger partial charge >= 0.3 is 5.97 Å². The first kappa shape index (κ1) is 21.1. The monoisotopic (exact) mass is 440 g/mol. The summed E-state index contributed by atoms with van der Waals surface area (Å²) in [5.74, 6) is -1.96. The van der Waals surface area contributed by atoms with E-state index >= 15 is 0 Å². The van der Waals surface area contributed by atoms with Crippen LogP contribution in [0.2, 0.25) is 5.02 Å². The number of benzene rings is 2. The van der Waals surface area contributed by atoms with Crippen LogP contribution in [0, 0.1) is 0 Å². The topological polar surface area (TPSA) is 92.8 Å². The van der Waals surface area contributed by atoms with E-state index in [0.717, 1.165) is 32.1 Å². The molecular formula is C23H21ClN2O5. The van der Waals surface area contributed by atoms with E-state index in [1.807, 2.05) is 0 Å². The van der Waals surface area contributed by atoms with Crippen molar-refractivity contribution in [1.82, 2.24) is 4.90 Å². The number of nitrogens with one attached hydrogen (secondary N) is 1. The zero-order chi connectivity index (χ0) is 22.0. The van der Waals surface area contributed by atoms with Crippen LogP contribution in [0.15, 0.2) is 42.5 Å². The molecule has 0 bridgehead atoms. The Morgan fingerprint density at radius 2 is 1.74 bits per heavy atom. The number of anilines is 1. The normalized spacial score (nSPS) is 16.2. The van der Waals surface area contributed by atoms with E-state index in [-0.39, 0.29) is 29.0 Å². The Morgan fingerprint density at radius 1 is 1.00 bits per heavy atom. The van der Waals surface area contributed by atoms with Gasteiger partial charge in [-0.2, -0.15) is 0 Å². The lowest BCUT2D eigenvalue weighted by Crippen LogP contribution is -2.40. The van der Waals surface area contributed by atoms with Crippen LogP contribution in [-0.4, -0.2) is 41.2 Å². The molecule has 3 amide bonds. The molecule has 1 aliphatic heterocycles. The highest BCUT2D eigenvalue weighted by Crippen LogP contribution is 2.31. The van der Waals surface area contributed by atoms with Crippen molar-refractivity contribution >= 4 is 41.0 Å². The van der Waals surface area contributed by atoms with Gasteiger partial charge in [0.15, 0.2) is 6.61 Å². The van der Waals surface area contributed by atoms with Crippen LogP contribution < -0.4 is 5.32 Å². The summed E-state index contributed by atoms with van der Waals surface area (Å²) in [6.07, 6.45) is 4.71. The van der Waals surface area contributed by atoms with Crippen molar-refractivity contribution in [3.8, 4) is 0 Å². The molecule has 1 N–H and O–H groups in total. The van der Waals surface area contributed by atoms with Crippen LogP contribution in [0.5, 0.6) is 0 Å². The fourth-order valence-corrected chi connectivity index (χ4v) is 4.23. The zero-order valence-corrected chi connectivity index (χ0v) is 17.5. The van der Waals surface area contributed by atoms with Crippen LogP contribution in [0.1, 0.15) is 63.2 Å². The molecule has 0 atom stereocenters. The molecule has 1 aliphatic carbocycles. The zero-order valence-electron chi connectivity index (χ0n) is 16.7. The molecule has 31 heavy (non-hydrogen) atoms. The second-order valence-electron chi connectivity index (χ2n) is 7.67. The lowest BCUT2D eigenvalue weighted by molar-refractivity contribution is -0.119. The van der Waals surface area contributed by atoms with Crippen LogP contribution >= 0.6 is 11.6 Å². The van der Waals surface area contributed by atoms with Gasteiger partial charge < -0.3 is 10.1 Å². The molecule has 4 rings (SSSR count). The fourth-order valence-electron chi connectivity index (χ4n) is 4.04. The minimum Gasteiger partial charge on any atom is -0.452 e. The number of ether oxygens (including phenoxy) is 1. The number of amides is 3. The number of carbonyl (C=O) groups is 4. The van der Waals surface area contributed by atoms with Gasteiger partial charge in [-0.1, -0.05) is 36.9 Å². The van der Waals surface area contributed by atoms with Crippen LogP contribution in [0.4, 0.5) is 5.69 Å². The molecule has 1 saturated carbocycles. The molecule has 160 valence electrons. The smallest absolute Gasteiger partial charge is 0.338 e. The SMILES string of the molecule is O=C(COC(=O)c1ccc2c(c1)C(=O)N(C1CCCCC1)C2=O)Nc1cccc(Cl)c1. The second kappa shape index (κ2) is 8.89.